The summed E-state index contributed by atoms with van der Waals surface area (Å²) in [6.45, 7) is 0. The maximum absolute atomic E-state index is 11.2. The molecule has 130 valence electrons. The molecule has 0 spiro atoms. The fourth-order valence-electron chi connectivity index (χ4n) is 4.52. The Balaban J connectivity index is 1.69. The van der Waals surface area contributed by atoms with Crippen LogP contribution < -0.4 is 4.90 Å². The number of benzene rings is 2. The normalized spacial score (nSPS) is 25.7. The number of aromatic carboxylic acids is 1. The van der Waals surface area contributed by atoms with Gasteiger partial charge in [-0.25, -0.2) is 4.79 Å². The van der Waals surface area contributed by atoms with Crippen LogP contribution >= 0.6 is 0 Å². The van der Waals surface area contributed by atoms with Crippen LogP contribution in [-0.4, -0.2) is 41.1 Å². The topological polar surface area (TPSA) is 43.8 Å². The highest BCUT2D eigenvalue weighted by atomic mass is 16.4. The van der Waals surface area contributed by atoms with Crippen molar-refractivity contribution in [3.63, 3.8) is 0 Å². The lowest BCUT2D eigenvalue weighted by atomic mass is 9.95. The molecule has 2 bridgehead atoms. The number of carbonyl (C=O) groups is 1. The Morgan fingerprint density at radius 3 is 2.08 bits per heavy atom. The highest BCUT2D eigenvalue weighted by Gasteiger charge is 2.40. The van der Waals surface area contributed by atoms with E-state index in [1.54, 1.807) is 12.1 Å². The Kier molecular flexibility index (Phi) is 4.22. The van der Waals surface area contributed by atoms with Crippen LogP contribution in [0.25, 0.3) is 0 Å². The van der Waals surface area contributed by atoms with Gasteiger partial charge in [-0.05, 0) is 69.1 Å². The molecule has 1 N–H and O–H groups in total. The molecule has 25 heavy (non-hydrogen) atoms. The first-order valence-electron chi connectivity index (χ1n) is 9.03. The third kappa shape index (κ3) is 3.02. The second kappa shape index (κ2) is 6.52. The van der Waals surface area contributed by atoms with Gasteiger partial charge in [0.2, 0.25) is 0 Å². The van der Waals surface area contributed by atoms with Gasteiger partial charge < -0.3 is 14.9 Å². The van der Waals surface area contributed by atoms with Gasteiger partial charge in [-0.1, -0.05) is 18.2 Å². The lowest BCUT2D eigenvalue weighted by Crippen LogP contribution is -2.47. The zero-order valence-electron chi connectivity index (χ0n) is 14.5. The van der Waals surface area contributed by atoms with Gasteiger partial charge in [-0.15, -0.1) is 0 Å². The molecule has 2 heterocycles. The highest BCUT2D eigenvalue weighted by Crippen LogP contribution is 2.40. The zero-order chi connectivity index (χ0) is 17.4. The van der Waals surface area contributed by atoms with Crippen LogP contribution in [0.15, 0.2) is 54.6 Å². The fraction of sp³-hybridized carbons (Fsp3) is 0.381. The van der Waals surface area contributed by atoms with E-state index in [1.807, 2.05) is 18.2 Å². The molecule has 2 fully saturated rings. The van der Waals surface area contributed by atoms with Crippen LogP contribution in [0, 0.1) is 0 Å². The largest absolute Gasteiger partial charge is 0.478 e. The maximum Gasteiger partial charge on any atom is 0.335 e. The molecule has 0 amide bonds. The van der Waals surface area contributed by atoms with E-state index in [0.29, 0.717) is 23.7 Å². The van der Waals surface area contributed by atoms with Crippen molar-refractivity contribution in [2.75, 3.05) is 11.9 Å². The van der Waals surface area contributed by atoms with Crippen molar-refractivity contribution >= 4 is 17.3 Å². The first-order valence-corrected chi connectivity index (χ1v) is 9.03. The number of nitrogens with zero attached hydrogens (tertiary/aromatic N) is 2. The Bertz CT molecular complexity index is 730. The molecule has 2 aliphatic rings. The number of rotatable bonds is 4. The molecule has 0 radical (unpaired) electrons. The van der Waals surface area contributed by atoms with E-state index in [1.165, 1.54) is 18.5 Å². The summed E-state index contributed by atoms with van der Waals surface area (Å²) >= 11 is 0. The van der Waals surface area contributed by atoms with Crippen molar-refractivity contribution < 1.29 is 9.90 Å². The number of fused-ring (bicyclic) bond motifs is 2. The standard InChI is InChI=1S/C21H24N2O2/c1-22-18-11-12-19(22)14-20(13-18)23(16-5-3-2-4-6-16)17-9-7-15(8-10-17)21(24)25/h2-10,18-20H,11-14H2,1H3,(H,24,25). The maximum atomic E-state index is 11.2. The summed E-state index contributed by atoms with van der Waals surface area (Å²) in [7, 11) is 2.26. The minimum absolute atomic E-state index is 0.334. The number of para-hydroxylation sites is 1. The molecule has 4 nitrogen and oxygen atoms in total. The SMILES string of the molecule is CN1C2CCC1CC(N(c1ccccc1)c1ccc(C(=O)O)cc1)C2. The molecule has 2 aromatic carbocycles. The Morgan fingerprint density at radius 1 is 0.960 bits per heavy atom. The van der Waals surface area contributed by atoms with Gasteiger partial charge in [-0.3, -0.25) is 0 Å². The molecule has 4 heteroatoms. The van der Waals surface area contributed by atoms with Crippen molar-refractivity contribution in [1.82, 2.24) is 4.90 Å². The van der Waals surface area contributed by atoms with Gasteiger partial charge >= 0.3 is 5.97 Å². The van der Waals surface area contributed by atoms with Crippen molar-refractivity contribution in [1.29, 1.82) is 0 Å². The average Bonchev–Trinajstić information content (AvgIpc) is 2.84. The van der Waals surface area contributed by atoms with Crippen LogP contribution in [0.1, 0.15) is 36.0 Å². The Hall–Kier alpha value is -2.33. The van der Waals surface area contributed by atoms with Crippen LogP contribution in [0.4, 0.5) is 11.4 Å². The summed E-state index contributed by atoms with van der Waals surface area (Å²) in [6.07, 6.45) is 4.89. The molecule has 2 atom stereocenters. The third-order valence-electron chi connectivity index (χ3n) is 5.87. The Labute approximate surface area is 148 Å². The number of hydrogen-bond donors (Lipinski definition) is 1. The molecule has 4 rings (SSSR count). The molecular weight excluding hydrogens is 312 g/mol. The fourth-order valence-corrected chi connectivity index (χ4v) is 4.52. The zero-order valence-corrected chi connectivity index (χ0v) is 14.5. The molecule has 0 aromatic heterocycles. The number of anilines is 2. The summed E-state index contributed by atoms with van der Waals surface area (Å²) in [4.78, 5) is 16.1. The number of hydrogen-bond acceptors (Lipinski definition) is 3. The van der Waals surface area contributed by atoms with Crippen LogP contribution in [0.3, 0.4) is 0 Å². The van der Waals surface area contributed by atoms with Crippen molar-refractivity contribution in [2.24, 2.45) is 0 Å². The molecule has 0 saturated carbocycles. The van der Waals surface area contributed by atoms with Gasteiger partial charge in [0.1, 0.15) is 0 Å². The Morgan fingerprint density at radius 2 is 1.52 bits per heavy atom. The number of piperidine rings is 1. The summed E-state index contributed by atoms with van der Waals surface area (Å²) in [5, 5.41) is 9.17. The molecule has 2 aromatic rings. The predicted octanol–water partition coefficient (Wildman–Crippen LogP) is 4.15. The monoisotopic (exact) mass is 336 g/mol. The van der Waals surface area contributed by atoms with Crippen LogP contribution in [-0.2, 0) is 0 Å². The van der Waals surface area contributed by atoms with Gasteiger partial charge in [0.25, 0.3) is 0 Å². The van der Waals surface area contributed by atoms with E-state index in [4.69, 9.17) is 5.11 Å². The third-order valence-corrected chi connectivity index (χ3v) is 5.87. The van der Waals surface area contributed by atoms with Crippen molar-refractivity contribution in [3.8, 4) is 0 Å². The lowest BCUT2D eigenvalue weighted by molar-refractivity contribution is 0.0697. The van der Waals surface area contributed by atoms with E-state index < -0.39 is 5.97 Å². The van der Waals surface area contributed by atoms with Gasteiger partial charge in [0, 0.05) is 29.5 Å². The van der Waals surface area contributed by atoms with Crippen molar-refractivity contribution in [2.45, 2.75) is 43.8 Å². The summed E-state index contributed by atoms with van der Waals surface area (Å²) in [5.41, 5.74) is 2.59. The molecule has 2 saturated heterocycles. The van der Waals surface area contributed by atoms with E-state index in [0.717, 1.165) is 18.5 Å². The molecule has 2 aliphatic heterocycles. The minimum atomic E-state index is -0.879. The van der Waals surface area contributed by atoms with E-state index >= 15 is 0 Å². The second-order valence-electron chi connectivity index (χ2n) is 7.23. The second-order valence-corrected chi connectivity index (χ2v) is 7.23. The highest BCUT2D eigenvalue weighted by molar-refractivity contribution is 5.88. The first kappa shape index (κ1) is 16.2. The quantitative estimate of drug-likeness (QED) is 0.911. The number of carboxylic acid groups (broad SMARTS) is 1. The smallest absolute Gasteiger partial charge is 0.335 e. The van der Waals surface area contributed by atoms with E-state index in [9.17, 15) is 4.79 Å². The van der Waals surface area contributed by atoms with Crippen molar-refractivity contribution in [3.05, 3.63) is 60.2 Å². The summed E-state index contributed by atoms with van der Waals surface area (Å²) < 4.78 is 0. The van der Waals surface area contributed by atoms with E-state index in [-0.39, 0.29) is 0 Å². The summed E-state index contributed by atoms with van der Waals surface area (Å²) in [5.74, 6) is -0.879. The van der Waals surface area contributed by atoms with Gasteiger partial charge in [0.15, 0.2) is 0 Å². The van der Waals surface area contributed by atoms with Crippen LogP contribution in [0.5, 0.6) is 0 Å². The number of carboxylic acids is 1. The van der Waals surface area contributed by atoms with E-state index in [2.05, 4.69) is 41.1 Å². The summed E-state index contributed by atoms with van der Waals surface area (Å²) in [6, 6.07) is 19.5. The van der Waals surface area contributed by atoms with Crippen LogP contribution in [0.2, 0.25) is 0 Å². The average molecular weight is 336 g/mol. The molecule has 0 aliphatic carbocycles. The lowest BCUT2D eigenvalue weighted by Gasteiger charge is -2.43. The molecular formula is C21H24N2O2. The molecule has 2 unspecified atom stereocenters. The minimum Gasteiger partial charge on any atom is -0.478 e. The van der Waals surface area contributed by atoms with Gasteiger partial charge in [0.05, 0.1) is 5.56 Å². The van der Waals surface area contributed by atoms with Gasteiger partial charge in [-0.2, -0.15) is 0 Å². The first-order chi connectivity index (χ1) is 12.1. The predicted molar refractivity (Wildman–Crippen MR) is 99.6 cm³/mol.